The van der Waals surface area contributed by atoms with Gasteiger partial charge in [-0.1, -0.05) is 0 Å². The van der Waals surface area contributed by atoms with Crippen molar-refractivity contribution in [3.63, 3.8) is 0 Å². The van der Waals surface area contributed by atoms with E-state index in [2.05, 4.69) is 14.8 Å². The zero-order valence-corrected chi connectivity index (χ0v) is 13.7. The van der Waals surface area contributed by atoms with Crippen LogP contribution >= 0.6 is 0 Å². The van der Waals surface area contributed by atoms with Crippen molar-refractivity contribution in [2.75, 3.05) is 18.0 Å². The maximum atomic E-state index is 11.4. The fourth-order valence-corrected chi connectivity index (χ4v) is 3.59. The smallest absolute Gasteiger partial charge is 0.293 e. The first kappa shape index (κ1) is 15.6. The molecule has 1 saturated heterocycles. The second kappa shape index (κ2) is 6.16. The maximum absolute atomic E-state index is 11.4. The summed E-state index contributed by atoms with van der Waals surface area (Å²) in [5, 5.41) is 28.8. The van der Waals surface area contributed by atoms with E-state index in [-0.39, 0.29) is 11.6 Å². The highest BCUT2D eigenvalue weighted by Gasteiger charge is 2.32. The van der Waals surface area contributed by atoms with Gasteiger partial charge >= 0.3 is 0 Å². The Labute approximate surface area is 144 Å². The molecule has 1 aromatic carbocycles. The number of nitrogens with zero attached hydrogens (tertiary/aromatic N) is 6. The highest BCUT2D eigenvalue weighted by Crippen LogP contribution is 2.39. The molecule has 2 aliphatic rings. The van der Waals surface area contributed by atoms with Gasteiger partial charge in [-0.2, -0.15) is 5.26 Å². The number of hydrogen-bond acceptors (Lipinski definition) is 6. The average molecular weight is 338 g/mol. The molecule has 0 spiro atoms. The minimum absolute atomic E-state index is 0.0108. The van der Waals surface area contributed by atoms with E-state index >= 15 is 0 Å². The molecule has 0 radical (unpaired) electrons. The summed E-state index contributed by atoms with van der Waals surface area (Å²) >= 11 is 0. The molecule has 25 heavy (non-hydrogen) atoms. The number of nitriles is 1. The zero-order valence-electron chi connectivity index (χ0n) is 13.7. The molecule has 8 heteroatoms. The van der Waals surface area contributed by atoms with E-state index in [9.17, 15) is 10.1 Å². The minimum atomic E-state index is -0.410. The van der Waals surface area contributed by atoms with Crippen LogP contribution in [0.25, 0.3) is 0 Å². The molecule has 2 heterocycles. The number of anilines is 1. The quantitative estimate of drug-likeness (QED) is 0.627. The summed E-state index contributed by atoms with van der Waals surface area (Å²) < 4.78 is 2.17. The highest BCUT2D eigenvalue weighted by molar-refractivity contribution is 5.66. The lowest BCUT2D eigenvalue weighted by Crippen LogP contribution is -2.35. The summed E-state index contributed by atoms with van der Waals surface area (Å²) in [6.07, 6.45) is 6.09. The number of benzene rings is 1. The lowest BCUT2D eigenvalue weighted by Gasteiger charge is -2.33. The molecule has 1 aromatic heterocycles. The van der Waals surface area contributed by atoms with E-state index in [0.717, 1.165) is 25.2 Å². The van der Waals surface area contributed by atoms with Crippen molar-refractivity contribution in [2.24, 2.45) is 0 Å². The van der Waals surface area contributed by atoms with Gasteiger partial charge in [0, 0.05) is 31.1 Å². The zero-order chi connectivity index (χ0) is 17.4. The minimum Gasteiger partial charge on any atom is -0.365 e. The van der Waals surface area contributed by atoms with Crippen molar-refractivity contribution in [3.05, 3.63) is 46.0 Å². The SMILES string of the molecule is N#Cc1ccc(N2CCCC(c3nncn3C3CC3)C2)c([N+](=O)[O-])c1. The predicted molar refractivity (Wildman–Crippen MR) is 90.3 cm³/mol. The van der Waals surface area contributed by atoms with Gasteiger partial charge in [0.2, 0.25) is 0 Å². The fraction of sp³-hybridized carbons (Fsp3) is 0.471. The Bertz CT molecular complexity index is 851. The molecule has 1 saturated carbocycles. The van der Waals surface area contributed by atoms with Crippen molar-refractivity contribution in [3.8, 4) is 6.07 Å². The topological polar surface area (TPSA) is 101 Å². The number of aromatic nitrogens is 3. The Morgan fingerprint density at radius 2 is 2.16 bits per heavy atom. The number of piperidine rings is 1. The van der Waals surface area contributed by atoms with Gasteiger partial charge in [0.25, 0.3) is 5.69 Å². The van der Waals surface area contributed by atoms with Crippen LogP contribution in [0.1, 0.15) is 49.0 Å². The Balaban J connectivity index is 1.62. The molecule has 2 aromatic rings. The third-order valence-electron chi connectivity index (χ3n) is 4.97. The van der Waals surface area contributed by atoms with Crippen LogP contribution in [0, 0.1) is 21.4 Å². The van der Waals surface area contributed by atoms with Gasteiger partial charge in [-0.25, -0.2) is 0 Å². The largest absolute Gasteiger partial charge is 0.365 e. The molecule has 0 N–H and O–H groups in total. The molecule has 1 atom stereocenters. The lowest BCUT2D eigenvalue weighted by molar-refractivity contribution is -0.384. The highest BCUT2D eigenvalue weighted by atomic mass is 16.6. The van der Waals surface area contributed by atoms with E-state index < -0.39 is 4.92 Å². The molecule has 0 amide bonds. The van der Waals surface area contributed by atoms with Crippen LogP contribution in [-0.2, 0) is 0 Å². The third-order valence-corrected chi connectivity index (χ3v) is 4.97. The Kier molecular flexibility index (Phi) is 3.84. The lowest BCUT2D eigenvalue weighted by atomic mass is 9.96. The second-order valence-electron chi connectivity index (χ2n) is 6.69. The molecule has 0 bridgehead atoms. The van der Waals surface area contributed by atoms with Crippen molar-refractivity contribution in [1.29, 1.82) is 5.26 Å². The van der Waals surface area contributed by atoms with E-state index in [4.69, 9.17) is 5.26 Å². The van der Waals surface area contributed by atoms with Crippen molar-refractivity contribution >= 4 is 11.4 Å². The van der Waals surface area contributed by atoms with Gasteiger partial charge in [0.1, 0.15) is 17.8 Å². The molecule has 1 aliphatic heterocycles. The van der Waals surface area contributed by atoms with E-state index in [0.29, 0.717) is 23.8 Å². The Morgan fingerprint density at radius 3 is 2.88 bits per heavy atom. The van der Waals surface area contributed by atoms with Crippen LogP contribution in [-0.4, -0.2) is 32.8 Å². The summed E-state index contributed by atoms with van der Waals surface area (Å²) in [5.41, 5.74) is 0.868. The Hall–Kier alpha value is -2.95. The van der Waals surface area contributed by atoms with Gasteiger partial charge < -0.3 is 9.47 Å². The van der Waals surface area contributed by atoms with Crippen molar-refractivity contribution < 1.29 is 4.92 Å². The molecule has 1 aliphatic carbocycles. The summed E-state index contributed by atoms with van der Waals surface area (Å²) in [6, 6.07) is 7.16. The third kappa shape index (κ3) is 2.93. The van der Waals surface area contributed by atoms with Crippen LogP contribution in [0.2, 0.25) is 0 Å². The monoisotopic (exact) mass is 338 g/mol. The fourth-order valence-electron chi connectivity index (χ4n) is 3.59. The normalized spacial score (nSPS) is 20.3. The number of nitro groups is 1. The second-order valence-corrected chi connectivity index (χ2v) is 6.69. The summed E-state index contributed by atoms with van der Waals surface area (Å²) in [6.45, 7) is 1.44. The van der Waals surface area contributed by atoms with Gasteiger partial charge in [0.05, 0.1) is 16.6 Å². The standard InChI is InChI=1S/C17H18N6O2/c18-9-12-3-6-15(16(8-12)23(24)25)21-7-1-2-13(10-21)17-20-19-11-22(17)14-4-5-14/h3,6,8,11,13-14H,1-2,4-5,7,10H2. The summed E-state index contributed by atoms with van der Waals surface area (Å²) in [7, 11) is 0. The first-order valence-electron chi connectivity index (χ1n) is 8.50. The first-order chi connectivity index (χ1) is 12.2. The number of rotatable bonds is 4. The average Bonchev–Trinajstić information content (AvgIpc) is 3.37. The van der Waals surface area contributed by atoms with Gasteiger partial charge in [-0.3, -0.25) is 10.1 Å². The van der Waals surface area contributed by atoms with E-state index in [1.165, 1.54) is 18.9 Å². The van der Waals surface area contributed by atoms with Crippen LogP contribution in [0.3, 0.4) is 0 Å². The van der Waals surface area contributed by atoms with Gasteiger partial charge in [-0.15, -0.1) is 10.2 Å². The van der Waals surface area contributed by atoms with E-state index in [1.54, 1.807) is 18.5 Å². The predicted octanol–water partition coefficient (Wildman–Crippen LogP) is 2.78. The maximum Gasteiger partial charge on any atom is 0.293 e. The molecule has 8 nitrogen and oxygen atoms in total. The van der Waals surface area contributed by atoms with Gasteiger partial charge in [0.15, 0.2) is 0 Å². The summed E-state index contributed by atoms with van der Waals surface area (Å²) in [5.74, 6) is 1.20. The molecular weight excluding hydrogens is 320 g/mol. The van der Waals surface area contributed by atoms with Crippen LogP contribution < -0.4 is 4.90 Å². The van der Waals surface area contributed by atoms with Crippen molar-refractivity contribution in [2.45, 2.75) is 37.6 Å². The van der Waals surface area contributed by atoms with Crippen molar-refractivity contribution in [1.82, 2.24) is 14.8 Å². The van der Waals surface area contributed by atoms with E-state index in [1.807, 2.05) is 11.0 Å². The number of nitro benzene ring substituents is 1. The molecule has 128 valence electrons. The van der Waals surface area contributed by atoms with Crippen LogP contribution in [0.4, 0.5) is 11.4 Å². The first-order valence-corrected chi connectivity index (χ1v) is 8.50. The molecular formula is C17H18N6O2. The summed E-state index contributed by atoms with van der Waals surface area (Å²) in [4.78, 5) is 13.1. The van der Waals surface area contributed by atoms with Crippen LogP contribution in [0.5, 0.6) is 0 Å². The number of hydrogen-bond donors (Lipinski definition) is 0. The Morgan fingerprint density at radius 1 is 1.32 bits per heavy atom. The molecule has 4 rings (SSSR count). The van der Waals surface area contributed by atoms with Crippen LogP contribution in [0.15, 0.2) is 24.5 Å². The van der Waals surface area contributed by atoms with Gasteiger partial charge in [-0.05, 0) is 37.8 Å². The molecule has 1 unspecified atom stereocenters. The molecule has 2 fully saturated rings.